The van der Waals surface area contributed by atoms with E-state index >= 15 is 0 Å². The number of hydrogen-bond donors (Lipinski definition) is 1. The summed E-state index contributed by atoms with van der Waals surface area (Å²) < 4.78 is 29.2. The van der Waals surface area contributed by atoms with Gasteiger partial charge in [0.1, 0.15) is 0 Å². The van der Waals surface area contributed by atoms with Crippen LogP contribution in [0.5, 0.6) is 0 Å². The van der Waals surface area contributed by atoms with Crippen molar-refractivity contribution in [2.24, 2.45) is 0 Å². The molecule has 0 aliphatic carbocycles. The zero-order valence-electron chi connectivity index (χ0n) is 23.8. The quantitative estimate of drug-likeness (QED) is 0.120. The van der Waals surface area contributed by atoms with Crippen molar-refractivity contribution in [1.82, 2.24) is 0 Å². The molecule has 0 radical (unpaired) electrons. The second kappa shape index (κ2) is 35.9. The number of unbranched alkanes of at least 4 members (excludes halogenated alkanes) is 14. The van der Waals surface area contributed by atoms with Crippen LogP contribution < -0.4 is 0 Å². The molecule has 0 atom stereocenters. The van der Waals surface area contributed by atoms with Crippen LogP contribution in [0.15, 0.2) is 35.2 Å². The summed E-state index contributed by atoms with van der Waals surface area (Å²) in [5.74, 6) is 0. The first kappa shape index (κ1) is 41.8. The topological polar surface area (TPSA) is 54.4 Å². The molecule has 0 heterocycles. The van der Waals surface area contributed by atoms with Crippen LogP contribution in [0.1, 0.15) is 151 Å². The third-order valence-corrected chi connectivity index (χ3v) is 6.03. The van der Waals surface area contributed by atoms with E-state index in [0.29, 0.717) is 0 Å². The van der Waals surface area contributed by atoms with Crippen molar-refractivity contribution in [2.45, 2.75) is 156 Å². The van der Waals surface area contributed by atoms with Crippen molar-refractivity contribution in [3.8, 4) is 0 Å². The third-order valence-electron chi connectivity index (χ3n) is 5.16. The van der Waals surface area contributed by atoms with Crippen LogP contribution in [0.2, 0.25) is 0 Å². The van der Waals surface area contributed by atoms with E-state index in [4.69, 9.17) is 4.55 Å². The molecule has 0 spiro atoms. The average molecular weight is 624 g/mol. The first-order valence-electron chi connectivity index (χ1n) is 13.9. The van der Waals surface area contributed by atoms with Gasteiger partial charge in [-0.3, -0.25) is 4.55 Å². The molecular formula is C29H58BaO3S+2. The monoisotopic (exact) mass is 624 g/mol. The van der Waals surface area contributed by atoms with Crippen LogP contribution in [0.25, 0.3) is 0 Å². The molecule has 0 saturated carbocycles. The molecule has 0 saturated heterocycles. The predicted octanol–water partition coefficient (Wildman–Crippen LogP) is 10.3. The molecule has 198 valence electrons. The predicted molar refractivity (Wildman–Crippen MR) is 155 cm³/mol. The Labute approximate surface area is 255 Å². The Kier molecular flexibility index (Phi) is 44.1. The summed E-state index contributed by atoms with van der Waals surface area (Å²) in [5.41, 5.74) is 0. The molecule has 0 aliphatic heterocycles. The maximum atomic E-state index is 10.4. The summed E-state index contributed by atoms with van der Waals surface area (Å²) >= 11 is 0. The van der Waals surface area contributed by atoms with Crippen molar-refractivity contribution in [1.29, 1.82) is 0 Å². The fourth-order valence-electron chi connectivity index (χ4n) is 2.98. The van der Waals surface area contributed by atoms with Crippen molar-refractivity contribution in [3.63, 3.8) is 0 Å². The van der Waals surface area contributed by atoms with E-state index < -0.39 is 10.1 Å². The first-order valence-corrected chi connectivity index (χ1v) is 15.3. The van der Waals surface area contributed by atoms with E-state index in [9.17, 15) is 8.42 Å². The van der Waals surface area contributed by atoms with Gasteiger partial charge in [0.25, 0.3) is 10.1 Å². The van der Waals surface area contributed by atoms with Crippen LogP contribution in [-0.2, 0) is 10.1 Å². The van der Waals surface area contributed by atoms with Gasteiger partial charge in [0.2, 0.25) is 0 Å². The molecule has 0 aliphatic rings. The normalized spacial score (nSPS) is 9.85. The van der Waals surface area contributed by atoms with Gasteiger partial charge in [-0.15, -0.1) is 0 Å². The smallest absolute Gasteiger partial charge is 0.282 e. The summed E-state index contributed by atoms with van der Waals surface area (Å²) in [5, 5.41) is 0. The molecule has 1 N–H and O–H groups in total. The molecule has 0 amide bonds. The largest absolute Gasteiger partial charge is 2.00 e. The van der Waals surface area contributed by atoms with E-state index in [2.05, 4.69) is 41.5 Å². The van der Waals surface area contributed by atoms with Gasteiger partial charge in [0.15, 0.2) is 0 Å². The molecule has 0 bridgehead atoms. The Hall–Kier alpha value is 0.701. The first-order chi connectivity index (χ1) is 15.8. The molecule has 0 fully saturated rings. The van der Waals surface area contributed by atoms with Gasteiger partial charge in [-0.25, -0.2) is 0 Å². The average Bonchev–Trinajstić information content (AvgIpc) is 2.82. The second-order valence-electron chi connectivity index (χ2n) is 8.68. The van der Waals surface area contributed by atoms with Crippen molar-refractivity contribution in [2.75, 3.05) is 0 Å². The SMILES string of the molecule is CCCCCC.CCCCCC.CCCCCCCCCCC.O=S(=O)(O)c1ccccc1.[Ba+2]. The zero-order chi connectivity index (χ0) is 25.6. The third kappa shape index (κ3) is 39.9. The molecule has 34 heavy (non-hydrogen) atoms. The molecular weight excluding hydrogens is 566 g/mol. The van der Waals surface area contributed by atoms with Gasteiger partial charge in [0.05, 0.1) is 4.90 Å². The molecule has 1 rings (SSSR count). The Morgan fingerprint density at radius 3 is 0.941 bits per heavy atom. The van der Waals surface area contributed by atoms with Gasteiger partial charge in [-0.05, 0) is 12.1 Å². The minimum absolute atomic E-state index is 0. The number of benzene rings is 1. The maximum Gasteiger partial charge on any atom is 2.00 e. The van der Waals surface area contributed by atoms with Crippen LogP contribution in [-0.4, -0.2) is 61.9 Å². The van der Waals surface area contributed by atoms with Crippen LogP contribution in [0.4, 0.5) is 0 Å². The van der Waals surface area contributed by atoms with Gasteiger partial charge < -0.3 is 0 Å². The summed E-state index contributed by atoms with van der Waals surface area (Å²) in [6.07, 6.45) is 24.0. The molecule has 1 aromatic carbocycles. The minimum atomic E-state index is -4.00. The van der Waals surface area contributed by atoms with Crippen molar-refractivity contribution >= 4 is 59.0 Å². The fraction of sp³-hybridized carbons (Fsp3) is 0.793. The molecule has 0 aromatic heterocycles. The van der Waals surface area contributed by atoms with Crippen LogP contribution in [0, 0.1) is 0 Å². The van der Waals surface area contributed by atoms with Crippen LogP contribution in [0.3, 0.4) is 0 Å². The van der Waals surface area contributed by atoms with Crippen molar-refractivity contribution < 1.29 is 13.0 Å². The molecule has 5 heteroatoms. The van der Waals surface area contributed by atoms with Gasteiger partial charge >= 0.3 is 48.9 Å². The number of hydrogen-bond acceptors (Lipinski definition) is 2. The van der Waals surface area contributed by atoms with Gasteiger partial charge in [-0.1, -0.05) is 169 Å². The summed E-state index contributed by atoms with van der Waals surface area (Å²) in [6.45, 7) is 13.5. The van der Waals surface area contributed by atoms with E-state index in [1.54, 1.807) is 18.2 Å². The van der Waals surface area contributed by atoms with E-state index in [1.807, 2.05) is 0 Å². The maximum absolute atomic E-state index is 10.4. The van der Waals surface area contributed by atoms with E-state index in [-0.39, 0.29) is 53.8 Å². The molecule has 3 nitrogen and oxygen atoms in total. The second-order valence-corrected chi connectivity index (χ2v) is 10.1. The summed E-state index contributed by atoms with van der Waals surface area (Å²) in [6, 6.07) is 7.42. The number of rotatable bonds is 15. The van der Waals surface area contributed by atoms with Gasteiger partial charge in [-0.2, -0.15) is 8.42 Å². The molecule has 1 aromatic rings. The van der Waals surface area contributed by atoms with Crippen molar-refractivity contribution in [3.05, 3.63) is 30.3 Å². The fourth-order valence-corrected chi connectivity index (χ4v) is 3.48. The Morgan fingerprint density at radius 2 is 0.735 bits per heavy atom. The Morgan fingerprint density at radius 1 is 0.500 bits per heavy atom. The van der Waals surface area contributed by atoms with E-state index in [0.717, 1.165) is 0 Å². The standard InChI is InChI=1S/C11H24.C6H6O3S.2C6H14.Ba/c1-3-5-7-9-11-10-8-6-4-2;7-10(8,9)6-4-2-1-3-5-6;2*1-3-5-6-4-2;/h3-11H2,1-2H3;1-5H,(H,7,8,9);2*3-6H2,1-2H3;/q;;;;+2. The minimum Gasteiger partial charge on any atom is -0.282 e. The van der Waals surface area contributed by atoms with Gasteiger partial charge in [0, 0.05) is 0 Å². The summed E-state index contributed by atoms with van der Waals surface area (Å²) in [7, 11) is -4.00. The van der Waals surface area contributed by atoms with Crippen LogP contribution >= 0.6 is 0 Å². The van der Waals surface area contributed by atoms with E-state index in [1.165, 1.54) is 121 Å². The zero-order valence-corrected chi connectivity index (χ0v) is 29.0. The summed E-state index contributed by atoms with van der Waals surface area (Å²) in [4.78, 5) is -0.0741. The molecule has 0 unspecified atom stereocenters. The Balaban J connectivity index is -0.000000181. The Bertz CT molecular complexity index is 524.